The Hall–Kier alpha value is -2.64. The van der Waals surface area contributed by atoms with Gasteiger partial charge in [-0.25, -0.2) is 0 Å². The SMILES string of the molecule is CC(NC(=O)c1cccnc1)c1cccc(C#CCO)c1. The third-order valence-electron chi connectivity index (χ3n) is 2.97. The van der Waals surface area contributed by atoms with Crippen LogP contribution in [0.5, 0.6) is 0 Å². The summed E-state index contributed by atoms with van der Waals surface area (Å²) in [6.07, 6.45) is 3.16. The lowest BCUT2D eigenvalue weighted by atomic mass is 10.0. The highest BCUT2D eigenvalue weighted by Gasteiger charge is 2.11. The number of hydrogen-bond acceptors (Lipinski definition) is 3. The summed E-state index contributed by atoms with van der Waals surface area (Å²) < 4.78 is 0. The van der Waals surface area contributed by atoms with E-state index in [1.807, 2.05) is 31.2 Å². The van der Waals surface area contributed by atoms with E-state index in [0.717, 1.165) is 11.1 Å². The Morgan fingerprint density at radius 1 is 1.38 bits per heavy atom. The standard InChI is InChI=1S/C17H16N2O2/c1-13(19-17(21)16-8-3-9-18-12-16)15-7-2-5-14(11-15)6-4-10-20/h2-3,5,7-9,11-13,20H,10H2,1H3,(H,19,21). The lowest BCUT2D eigenvalue weighted by molar-refractivity contribution is 0.0939. The summed E-state index contributed by atoms with van der Waals surface area (Å²) in [4.78, 5) is 16.0. The van der Waals surface area contributed by atoms with Crippen LogP contribution in [-0.2, 0) is 0 Å². The Balaban J connectivity index is 2.10. The molecule has 1 atom stereocenters. The minimum Gasteiger partial charge on any atom is -0.384 e. The Kier molecular flexibility index (Phi) is 5.08. The monoisotopic (exact) mass is 280 g/mol. The fraction of sp³-hybridized carbons (Fsp3) is 0.176. The van der Waals surface area contributed by atoms with E-state index >= 15 is 0 Å². The number of nitrogens with one attached hydrogen (secondary N) is 1. The molecule has 2 N–H and O–H groups in total. The van der Waals surface area contributed by atoms with E-state index < -0.39 is 0 Å². The number of amides is 1. The molecule has 0 aliphatic carbocycles. The van der Waals surface area contributed by atoms with Crippen molar-refractivity contribution in [3.8, 4) is 11.8 Å². The summed E-state index contributed by atoms with van der Waals surface area (Å²) >= 11 is 0. The molecule has 0 spiro atoms. The number of rotatable bonds is 3. The second kappa shape index (κ2) is 7.22. The van der Waals surface area contributed by atoms with E-state index in [-0.39, 0.29) is 18.6 Å². The van der Waals surface area contributed by atoms with E-state index in [2.05, 4.69) is 22.1 Å². The molecule has 0 aliphatic rings. The minimum absolute atomic E-state index is 0.145. The molecule has 0 saturated heterocycles. The van der Waals surface area contributed by atoms with Crippen molar-refractivity contribution >= 4 is 5.91 Å². The molecule has 1 aromatic carbocycles. The van der Waals surface area contributed by atoms with Crippen LogP contribution in [0.3, 0.4) is 0 Å². The molecule has 0 aliphatic heterocycles. The number of benzene rings is 1. The van der Waals surface area contributed by atoms with Crippen molar-refractivity contribution in [2.45, 2.75) is 13.0 Å². The van der Waals surface area contributed by atoms with Crippen molar-refractivity contribution in [2.75, 3.05) is 6.61 Å². The maximum Gasteiger partial charge on any atom is 0.253 e. The molecule has 1 heterocycles. The maximum absolute atomic E-state index is 12.1. The summed E-state index contributed by atoms with van der Waals surface area (Å²) in [7, 11) is 0. The van der Waals surface area contributed by atoms with Crippen LogP contribution in [0, 0.1) is 11.8 Å². The molecule has 0 saturated carbocycles. The van der Waals surface area contributed by atoms with Gasteiger partial charge >= 0.3 is 0 Å². The van der Waals surface area contributed by atoms with Crippen LogP contribution < -0.4 is 5.32 Å². The van der Waals surface area contributed by atoms with Crippen LogP contribution in [0.4, 0.5) is 0 Å². The van der Waals surface area contributed by atoms with E-state index in [0.29, 0.717) is 5.56 Å². The van der Waals surface area contributed by atoms with Crippen LogP contribution in [0.2, 0.25) is 0 Å². The van der Waals surface area contributed by atoms with Gasteiger partial charge in [0, 0.05) is 18.0 Å². The van der Waals surface area contributed by atoms with Crippen molar-refractivity contribution in [3.05, 3.63) is 65.5 Å². The lowest BCUT2D eigenvalue weighted by Gasteiger charge is -2.14. The number of carbonyl (C=O) groups excluding carboxylic acids is 1. The molecular formula is C17H16N2O2. The van der Waals surface area contributed by atoms with Gasteiger partial charge in [-0.15, -0.1) is 0 Å². The van der Waals surface area contributed by atoms with Gasteiger partial charge in [0.2, 0.25) is 0 Å². The van der Waals surface area contributed by atoms with Gasteiger partial charge in [0.05, 0.1) is 11.6 Å². The second-order valence-electron chi connectivity index (χ2n) is 4.52. The molecule has 106 valence electrons. The number of carbonyl (C=O) groups is 1. The Morgan fingerprint density at radius 2 is 2.24 bits per heavy atom. The van der Waals surface area contributed by atoms with Gasteiger partial charge in [-0.1, -0.05) is 24.0 Å². The van der Waals surface area contributed by atoms with Gasteiger partial charge in [-0.3, -0.25) is 9.78 Å². The lowest BCUT2D eigenvalue weighted by Crippen LogP contribution is -2.26. The normalized spacial score (nSPS) is 11.1. The quantitative estimate of drug-likeness (QED) is 0.844. The highest BCUT2D eigenvalue weighted by Crippen LogP contribution is 2.14. The van der Waals surface area contributed by atoms with Gasteiger partial charge in [0.25, 0.3) is 5.91 Å². The second-order valence-corrected chi connectivity index (χ2v) is 4.52. The molecule has 1 amide bonds. The first-order valence-corrected chi connectivity index (χ1v) is 6.61. The summed E-state index contributed by atoms with van der Waals surface area (Å²) in [6.45, 7) is 1.74. The maximum atomic E-state index is 12.1. The van der Waals surface area contributed by atoms with Crippen molar-refractivity contribution in [1.82, 2.24) is 10.3 Å². The molecular weight excluding hydrogens is 264 g/mol. The predicted octanol–water partition coefficient (Wildman–Crippen LogP) is 1.92. The van der Waals surface area contributed by atoms with Crippen molar-refractivity contribution in [2.24, 2.45) is 0 Å². The van der Waals surface area contributed by atoms with Gasteiger partial charge in [-0.2, -0.15) is 0 Å². The predicted molar refractivity (Wildman–Crippen MR) is 80.5 cm³/mol. The Morgan fingerprint density at radius 3 is 2.95 bits per heavy atom. The first-order chi connectivity index (χ1) is 10.2. The fourth-order valence-corrected chi connectivity index (χ4v) is 1.89. The van der Waals surface area contributed by atoms with Crippen LogP contribution in [-0.4, -0.2) is 22.6 Å². The molecule has 2 rings (SSSR count). The number of nitrogens with zero attached hydrogens (tertiary/aromatic N) is 1. The van der Waals surface area contributed by atoms with Gasteiger partial charge < -0.3 is 10.4 Å². The molecule has 21 heavy (non-hydrogen) atoms. The van der Waals surface area contributed by atoms with E-state index in [9.17, 15) is 4.79 Å². The average molecular weight is 280 g/mol. The molecule has 1 aromatic heterocycles. The molecule has 4 nitrogen and oxygen atoms in total. The van der Waals surface area contributed by atoms with Crippen LogP contribution >= 0.6 is 0 Å². The van der Waals surface area contributed by atoms with Gasteiger partial charge in [0.15, 0.2) is 0 Å². The van der Waals surface area contributed by atoms with Crippen LogP contribution in [0.1, 0.15) is 34.5 Å². The summed E-state index contributed by atoms with van der Waals surface area (Å²) in [6, 6.07) is 10.9. The van der Waals surface area contributed by atoms with E-state index in [1.54, 1.807) is 18.3 Å². The van der Waals surface area contributed by atoms with Gasteiger partial charge in [0.1, 0.15) is 6.61 Å². The summed E-state index contributed by atoms with van der Waals surface area (Å²) in [5, 5.41) is 11.6. The zero-order valence-electron chi connectivity index (χ0n) is 11.7. The van der Waals surface area contributed by atoms with Crippen molar-refractivity contribution in [3.63, 3.8) is 0 Å². The topological polar surface area (TPSA) is 62.2 Å². The average Bonchev–Trinajstić information content (AvgIpc) is 2.54. The Bertz CT molecular complexity index is 672. The zero-order chi connectivity index (χ0) is 15.1. The highest BCUT2D eigenvalue weighted by atomic mass is 16.2. The van der Waals surface area contributed by atoms with Crippen molar-refractivity contribution in [1.29, 1.82) is 0 Å². The van der Waals surface area contributed by atoms with Crippen LogP contribution in [0.25, 0.3) is 0 Å². The van der Waals surface area contributed by atoms with E-state index in [1.165, 1.54) is 6.20 Å². The van der Waals surface area contributed by atoms with E-state index in [4.69, 9.17) is 5.11 Å². The molecule has 2 aromatic rings. The molecule has 0 radical (unpaired) electrons. The van der Waals surface area contributed by atoms with Gasteiger partial charge in [-0.05, 0) is 36.8 Å². The number of aliphatic hydroxyl groups is 1. The van der Waals surface area contributed by atoms with Crippen molar-refractivity contribution < 1.29 is 9.90 Å². The highest BCUT2D eigenvalue weighted by molar-refractivity contribution is 5.94. The zero-order valence-corrected chi connectivity index (χ0v) is 11.7. The first-order valence-electron chi connectivity index (χ1n) is 6.61. The smallest absolute Gasteiger partial charge is 0.253 e. The first kappa shape index (κ1) is 14.8. The summed E-state index contributed by atoms with van der Waals surface area (Å²) in [5.41, 5.74) is 2.29. The number of aromatic nitrogens is 1. The minimum atomic E-state index is -0.169. The number of pyridine rings is 1. The number of aliphatic hydroxyl groups excluding tert-OH is 1. The number of hydrogen-bond donors (Lipinski definition) is 2. The third-order valence-corrected chi connectivity index (χ3v) is 2.97. The molecule has 1 unspecified atom stereocenters. The Labute approximate surface area is 123 Å². The third kappa shape index (κ3) is 4.16. The molecule has 0 fully saturated rings. The largest absolute Gasteiger partial charge is 0.384 e. The summed E-state index contributed by atoms with van der Waals surface area (Å²) in [5.74, 6) is 5.29. The fourth-order valence-electron chi connectivity index (χ4n) is 1.89. The molecule has 4 heteroatoms. The van der Waals surface area contributed by atoms with Crippen LogP contribution in [0.15, 0.2) is 48.8 Å². The molecule has 0 bridgehead atoms.